The summed E-state index contributed by atoms with van der Waals surface area (Å²) >= 11 is 0. The van der Waals surface area contributed by atoms with Gasteiger partial charge in [0, 0.05) is 13.3 Å². The third kappa shape index (κ3) is 4.97. The maximum Gasteiger partial charge on any atom is 0.302 e. The summed E-state index contributed by atoms with van der Waals surface area (Å²) in [6, 6.07) is 20.3. The predicted molar refractivity (Wildman–Crippen MR) is 114 cm³/mol. The van der Waals surface area contributed by atoms with Gasteiger partial charge in [0.2, 0.25) is 0 Å². The van der Waals surface area contributed by atoms with E-state index in [9.17, 15) is 9.59 Å². The highest BCUT2D eigenvalue weighted by Gasteiger charge is 2.51. The first-order valence-electron chi connectivity index (χ1n) is 9.62. The van der Waals surface area contributed by atoms with Crippen molar-refractivity contribution < 1.29 is 18.8 Å². The molecule has 0 heterocycles. The van der Waals surface area contributed by atoms with E-state index in [-0.39, 0.29) is 11.0 Å². The lowest BCUT2D eigenvalue weighted by Gasteiger charge is -2.44. The molecule has 0 fully saturated rings. The molecule has 0 N–H and O–H groups in total. The molecule has 0 aliphatic rings. The van der Waals surface area contributed by atoms with Gasteiger partial charge in [0.15, 0.2) is 0 Å². The van der Waals surface area contributed by atoms with Crippen molar-refractivity contribution in [3.05, 3.63) is 60.7 Å². The van der Waals surface area contributed by atoms with E-state index in [2.05, 4.69) is 45.0 Å². The smallest absolute Gasteiger partial charge is 0.302 e. The number of hydrogen-bond acceptors (Lipinski definition) is 4. The average molecular weight is 399 g/mol. The first-order chi connectivity index (χ1) is 13.2. The number of carbonyl (C=O) groups is 2. The van der Waals surface area contributed by atoms with Crippen molar-refractivity contribution in [3.63, 3.8) is 0 Å². The number of aldehydes is 1. The summed E-state index contributed by atoms with van der Waals surface area (Å²) < 4.78 is 12.0. The van der Waals surface area contributed by atoms with Crippen molar-refractivity contribution >= 4 is 30.9 Å². The molecule has 2 aromatic carbocycles. The number of benzene rings is 2. The van der Waals surface area contributed by atoms with Gasteiger partial charge in [0.1, 0.15) is 18.5 Å². The standard InChI is InChI=1S/C23H30O4Si/c1-18(26-19(2)25)16-20(17-24)27-28(23(3,4)5,21-12-8-6-9-13-21)22-14-10-7-11-15-22/h6-15,17-18,20H,16H2,1-5H3/t18-,20+/m1/s1. The van der Waals surface area contributed by atoms with Gasteiger partial charge in [-0.15, -0.1) is 0 Å². The number of ether oxygens (including phenoxy) is 1. The molecular formula is C23H30O4Si. The zero-order valence-electron chi connectivity index (χ0n) is 17.3. The Hall–Kier alpha value is -2.24. The van der Waals surface area contributed by atoms with Crippen molar-refractivity contribution in [2.24, 2.45) is 0 Å². The summed E-state index contributed by atoms with van der Waals surface area (Å²) in [6.45, 7) is 9.64. The van der Waals surface area contributed by atoms with Crippen LogP contribution < -0.4 is 10.4 Å². The van der Waals surface area contributed by atoms with Gasteiger partial charge in [-0.3, -0.25) is 4.79 Å². The van der Waals surface area contributed by atoms with Crippen molar-refractivity contribution in [2.45, 2.75) is 58.3 Å². The Morgan fingerprint density at radius 2 is 1.46 bits per heavy atom. The lowest BCUT2D eigenvalue weighted by molar-refractivity contribution is -0.147. The summed E-state index contributed by atoms with van der Waals surface area (Å²) in [5.41, 5.74) is 0. The monoisotopic (exact) mass is 398 g/mol. The number of carbonyl (C=O) groups excluding carboxylic acids is 2. The fourth-order valence-corrected chi connectivity index (χ4v) is 8.33. The molecule has 0 saturated heterocycles. The molecule has 2 aromatic rings. The van der Waals surface area contributed by atoms with Crippen LogP contribution in [0.1, 0.15) is 41.0 Å². The van der Waals surface area contributed by atoms with Crippen LogP contribution in [0, 0.1) is 0 Å². The van der Waals surface area contributed by atoms with Crippen LogP contribution in [-0.2, 0) is 18.8 Å². The summed E-state index contributed by atoms with van der Waals surface area (Å²) in [5.74, 6) is -0.359. The molecule has 2 atom stereocenters. The Labute approximate surface area is 169 Å². The van der Waals surface area contributed by atoms with E-state index in [0.717, 1.165) is 16.7 Å². The summed E-state index contributed by atoms with van der Waals surface area (Å²) in [7, 11) is -2.81. The lowest BCUT2D eigenvalue weighted by Crippen LogP contribution is -2.68. The first-order valence-corrected chi connectivity index (χ1v) is 11.5. The van der Waals surface area contributed by atoms with Crippen molar-refractivity contribution in [3.8, 4) is 0 Å². The van der Waals surface area contributed by atoms with E-state index >= 15 is 0 Å². The van der Waals surface area contributed by atoms with E-state index < -0.39 is 20.5 Å². The quantitative estimate of drug-likeness (QED) is 0.388. The molecule has 28 heavy (non-hydrogen) atoms. The van der Waals surface area contributed by atoms with E-state index in [1.807, 2.05) is 36.4 Å². The first kappa shape index (κ1) is 22.1. The van der Waals surface area contributed by atoms with Crippen LogP contribution in [0.5, 0.6) is 0 Å². The third-order valence-corrected chi connectivity index (χ3v) is 9.89. The third-order valence-electron chi connectivity index (χ3n) is 4.83. The average Bonchev–Trinajstić information content (AvgIpc) is 2.65. The molecule has 150 valence electrons. The molecule has 0 amide bonds. The fraction of sp³-hybridized carbons (Fsp3) is 0.391. The zero-order valence-corrected chi connectivity index (χ0v) is 18.3. The van der Waals surface area contributed by atoms with Crippen molar-refractivity contribution in [1.82, 2.24) is 0 Å². The van der Waals surface area contributed by atoms with Crippen LogP contribution in [0.3, 0.4) is 0 Å². The number of esters is 1. The van der Waals surface area contributed by atoms with Crippen LogP contribution in [0.2, 0.25) is 5.04 Å². The highest BCUT2D eigenvalue weighted by Crippen LogP contribution is 2.37. The normalized spacial score (nSPS) is 14.2. The molecule has 0 saturated carbocycles. The van der Waals surface area contributed by atoms with E-state index in [4.69, 9.17) is 9.16 Å². The van der Waals surface area contributed by atoms with Crippen LogP contribution in [-0.4, -0.2) is 32.8 Å². The summed E-state index contributed by atoms with van der Waals surface area (Å²) in [5, 5.41) is 2.00. The lowest BCUT2D eigenvalue weighted by atomic mass is 10.2. The van der Waals surface area contributed by atoms with Crippen molar-refractivity contribution in [2.75, 3.05) is 0 Å². The van der Waals surface area contributed by atoms with Gasteiger partial charge >= 0.3 is 5.97 Å². The molecule has 0 aliphatic heterocycles. The summed E-state index contributed by atoms with van der Waals surface area (Å²) in [4.78, 5) is 23.2. The van der Waals surface area contributed by atoms with Gasteiger partial charge < -0.3 is 14.0 Å². The SMILES string of the molecule is CC(=O)O[C@H](C)C[C@@H](C=O)O[Si](c1ccccc1)(c1ccccc1)C(C)(C)C. The minimum atomic E-state index is -2.81. The zero-order chi connectivity index (χ0) is 20.8. The Kier molecular flexibility index (Phi) is 7.33. The maximum absolute atomic E-state index is 12.0. The second-order valence-corrected chi connectivity index (χ2v) is 12.4. The van der Waals surface area contributed by atoms with Gasteiger partial charge in [-0.2, -0.15) is 0 Å². The second kappa shape index (κ2) is 9.30. The molecule has 0 unspecified atom stereocenters. The molecular weight excluding hydrogens is 368 g/mol. The van der Waals surface area contributed by atoms with Gasteiger partial charge in [-0.05, 0) is 22.3 Å². The topological polar surface area (TPSA) is 52.6 Å². The van der Waals surface area contributed by atoms with Crippen molar-refractivity contribution in [1.29, 1.82) is 0 Å². The Morgan fingerprint density at radius 1 is 1.00 bits per heavy atom. The molecule has 0 aliphatic carbocycles. The Balaban J connectivity index is 2.54. The molecule has 5 heteroatoms. The van der Waals surface area contributed by atoms with Crippen LogP contribution in [0.25, 0.3) is 0 Å². The molecule has 2 rings (SSSR count). The number of rotatable bonds is 8. The molecule has 0 aromatic heterocycles. The van der Waals surface area contributed by atoms with E-state index in [0.29, 0.717) is 6.42 Å². The molecule has 0 spiro atoms. The van der Waals surface area contributed by atoms with Gasteiger partial charge in [-0.25, -0.2) is 0 Å². The Morgan fingerprint density at radius 3 is 1.82 bits per heavy atom. The maximum atomic E-state index is 12.0. The van der Waals surface area contributed by atoms with Crippen LogP contribution >= 0.6 is 0 Å². The van der Waals surface area contributed by atoms with Gasteiger partial charge in [-0.1, -0.05) is 81.4 Å². The Bertz CT molecular complexity index is 729. The minimum absolute atomic E-state index is 0.221. The van der Waals surface area contributed by atoms with Gasteiger partial charge in [0.05, 0.1) is 0 Å². The highest BCUT2D eigenvalue weighted by molar-refractivity contribution is 6.99. The predicted octanol–water partition coefficient (Wildman–Crippen LogP) is 3.47. The second-order valence-electron chi connectivity index (χ2n) is 8.11. The molecule has 0 bridgehead atoms. The van der Waals surface area contributed by atoms with E-state index in [1.54, 1.807) is 6.92 Å². The highest BCUT2D eigenvalue weighted by atomic mass is 28.4. The van der Waals surface area contributed by atoms with Crippen LogP contribution in [0.4, 0.5) is 0 Å². The molecule has 4 nitrogen and oxygen atoms in total. The van der Waals surface area contributed by atoms with Gasteiger partial charge in [0.25, 0.3) is 8.32 Å². The van der Waals surface area contributed by atoms with E-state index in [1.165, 1.54) is 6.92 Å². The largest absolute Gasteiger partial charge is 0.463 e. The summed E-state index contributed by atoms with van der Waals surface area (Å²) in [6.07, 6.45) is 0.0963. The number of hydrogen-bond donors (Lipinski definition) is 0. The molecule has 0 radical (unpaired) electrons. The minimum Gasteiger partial charge on any atom is -0.463 e. The fourth-order valence-electron chi connectivity index (χ4n) is 3.71. The van der Waals surface area contributed by atoms with Crippen LogP contribution in [0.15, 0.2) is 60.7 Å².